The number of benzene rings is 1. The van der Waals surface area contributed by atoms with E-state index in [4.69, 9.17) is 4.74 Å². The summed E-state index contributed by atoms with van der Waals surface area (Å²) in [5.41, 5.74) is 0.0781. The van der Waals surface area contributed by atoms with E-state index in [1.165, 1.54) is 4.31 Å². The first-order chi connectivity index (χ1) is 11.8. The van der Waals surface area contributed by atoms with Crippen molar-refractivity contribution in [1.29, 1.82) is 0 Å². The van der Waals surface area contributed by atoms with Gasteiger partial charge in [0, 0.05) is 18.8 Å². The van der Waals surface area contributed by atoms with Crippen LogP contribution in [0, 0.1) is 11.6 Å². The highest BCUT2D eigenvalue weighted by atomic mass is 79.9. The third kappa shape index (κ3) is 4.53. The number of hydrogen-bond donors (Lipinski definition) is 0. The van der Waals surface area contributed by atoms with Crippen molar-refractivity contribution in [2.45, 2.75) is 18.3 Å². The van der Waals surface area contributed by atoms with Gasteiger partial charge in [-0.15, -0.1) is 0 Å². The summed E-state index contributed by atoms with van der Waals surface area (Å²) in [4.78, 5) is 4.10. The topological polar surface area (TPSA) is 59.5 Å². The number of pyridine rings is 1. The van der Waals surface area contributed by atoms with E-state index >= 15 is 0 Å². The third-order valence-electron chi connectivity index (χ3n) is 3.78. The molecule has 1 aromatic carbocycles. The highest BCUT2D eigenvalue weighted by Crippen LogP contribution is 2.26. The molecule has 1 atom stereocenters. The van der Waals surface area contributed by atoms with Crippen LogP contribution >= 0.6 is 15.9 Å². The van der Waals surface area contributed by atoms with Crippen molar-refractivity contribution >= 4 is 26.0 Å². The Morgan fingerprint density at radius 3 is 2.68 bits per heavy atom. The smallest absolute Gasteiger partial charge is 0.228 e. The van der Waals surface area contributed by atoms with Crippen LogP contribution in [-0.2, 0) is 15.8 Å². The molecule has 0 N–H and O–H groups in total. The van der Waals surface area contributed by atoms with Gasteiger partial charge in [0.15, 0.2) is 0 Å². The molecule has 2 aromatic rings. The van der Waals surface area contributed by atoms with E-state index in [1.807, 2.05) is 0 Å². The predicted octanol–water partition coefficient (Wildman–Crippen LogP) is 3.11. The first-order valence-electron chi connectivity index (χ1n) is 7.53. The zero-order valence-corrected chi connectivity index (χ0v) is 15.4. The van der Waals surface area contributed by atoms with Gasteiger partial charge in [0.25, 0.3) is 0 Å². The van der Waals surface area contributed by atoms with Crippen LogP contribution in [0.4, 0.5) is 8.78 Å². The van der Waals surface area contributed by atoms with E-state index in [0.29, 0.717) is 22.8 Å². The minimum atomic E-state index is -3.69. The molecule has 1 aliphatic heterocycles. The van der Waals surface area contributed by atoms with Crippen LogP contribution in [0.1, 0.15) is 12.0 Å². The number of ether oxygens (including phenoxy) is 1. The van der Waals surface area contributed by atoms with Crippen LogP contribution in [0.5, 0.6) is 5.88 Å². The average molecular weight is 433 g/mol. The maximum absolute atomic E-state index is 13.2. The van der Waals surface area contributed by atoms with E-state index in [1.54, 1.807) is 18.3 Å². The van der Waals surface area contributed by atoms with Crippen molar-refractivity contribution < 1.29 is 21.9 Å². The summed E-state index contributed by atoms with van der Waals surface area (Å²) in [5.74, 6) is -1.65. The molecule has 0 bridgehead atoms. The van der Waals surface area contributed by atoms with Crippen molar-refractivity contribution in [1.82, 2.24) is 9.29 Å². The van der Waals surface area contributed by atoms with Crippen molar-refractivity contribution in [2.75, 3.05) is 13.1 Å². The second kappa shape index (κ2) is 7.35. The lowest BCUT2D eigenvalue weighted by molar-refractivity contribution is 0.205. The van der Waals surface area contributed by atoms with Gasteiger partial charge in [-0.05, 0) is 52.2 Å². The van der Waals surface area contributed by atoms with Crippen molar-refractivity contribution in [3.8, 4) is 5.88 Å². The van der Waals surface area contributed by atoms with Gasteiger partial charge in [0.2, 0.25) is 15.9 Å². The highest BCUT2D eigenvalue weighted by molar-refractivity contribution is 9.10. The first kappa shape index (κ1) is 18.2. The van der Waals surface area contributed by atoms with Crippen LogP contribution in [0.2, 0.25) is 0 Å². The lowest BCUT2D eigenvalue weighted by Gasteiger charge is -2.17. The van der Waals surface area contributed by atoms with Crippen LogP contribution in [-0.4, -0.2) is 36.9 Å². The Labute approximate surface area is 152 Å². The predicted molar refractivity (Wildman–Crippen MR) is 91.5 cm³/mol. The van der Waals surface area contributed by atoms with Gasteiger partial charge in [-0.25, -0.2) is 22.2 Å². The summed E-state index contributed by atoms with van der Waals surface area (Å²) < 4.78 is 59.2. The summed E-state index contributed by atoms with van der Waals surface area (Å²) in [6, 6.07) is 6.29. The SMILES string of the molecule is O=S(=O)(Cc1cc(F)cc(F)c1)N1CCC(Oc2ncccc2Br)C1. The minimum absolute atomic E-state index is 0.0781. The molecule has 5 nitrogen and oxygen atoms in total. The number of halogens is 3. The van der Waals surface area contributed by atoms with Gasteiger partial charge >= 0.3 is 0 Å². The highest BCUT2D eigenvalue weighted by Gasteiger charge is 2.33. The Kier molecular flexibility index (Phi) is 5.35. The molecule has 2 heterocycles. The number of sulfonamides is 1. The molecule has 0 saturated carbocycles. The summed E-state index contributed by atoms with van der Waals surface area (Å²) in [6.07, 6.45) is 1.77. The van der Waals surface area contributed by atoms with Gasteiger partial charge in [-0.3, -0.25) is 0 Å². The Bertz CT molecular complexity index is 859. The molecule has 134 valence electrons. The molecule has 0 aliphatic carbocycles. The summed E-state index contributed by atoms with van der Waals surface area (Å²) in [6.45, 7) is 0.457. The van der Waals surface area contributed by atoms with Crippen molar-refractivity contribution in [2.24, 2.45) is 0 Å². The fourth-order valence-electron chi connectivity index (χ4n) is 2.66. The number of aromatic nitrogens is 1. The number of rotatable bonds is 5. The maximum atomic E-state index is 13.2. The Morgan fingerprint density at radius 1 is 1.28 bits per heavy atom. The van der Waals surface area contributed by atoms with Crippen LogP contribution in [0.25, 0.3) is 0 Å². The molecule has 0 spiro atoms. The summed E-state index contributed by atoms with van der Waals surface area (Å²) >= 11 is 3.33. The molecule has 1 aliphatic rings. The zero-order valence-electron chi connectivity index (χ0n) is 13.0. The Hall–Kier alpha value is -1.58. The molecule has 0 radical (unpaired) electrons. The van der Waals surface area contributed by atoms with E-state index in [-0.39, 0.29) is 24.8 Å². The van der Waals surface area contributed by atoms with E-state index < -0.39 is 27.4 Å². The molecule has 25 heavy (non-hydrogen) atoms. The molecule has 3 rings (SSSR count). The fraction of sp³-hybridized carbons (Fsp3) is 0.312. The molecular weight excluding hydrogens is 418 g/mol. The number of hydrogen-bond acceptors (Lipinski definition) is 4. The van der Waals surface area contributed by atoms with Crippen LogP contribution in [0.3, 0.4) is 0 Å². The van der Waals surface area contributed by atoms with Crippen molar-refractivity contribution in [3.63, 3.8) is 0 Å². The van der Waals surface area contributed by atoms with Gasteiger partial charge in [-0.2, -0.15) is 4.31 Å². The van der Waals surface area contributed by atoms with Gasteiger partial charge in [0.1, 0.15) is 17.7 Å². The zero-order chi connectivity index (χ0) is 18.0. The summed E-state index contributed by atoms with van der Waals surface area (Å²) in [7, 11) is -3.69. The molecular formula is C16H15BrF2N2O3S. The van der Waals surface area contributed by atoms with E-state index in [0.717, 1.165) is 12.1 Å². The number of nitrogens with zero attached hydrogens (tertiary/aromatic N) is 2. The van der Waals surface area contributed by atoms with Crippen LogP contribution in [0.15, 0.2) is 41.0 Å². The molecule has 1 aromatic heterocycles. The maximum Gasteiger partial charge on any atom is 0.228 e. The Morgan fingerprint density at radius 2 is 2.00 bits per heavy atom. The third-order valence-corrected chi connectivity index (χ3v) is 6.20. The lowest BCUT2D eigenvalue weighted by atomic mass is 10.2. The molecule has 1 unspecified atom stereocenters. The Balaban J connectivity index is 1.67. The molecule has 1 fully saturated rings. The molecule has 9 heteroatoms. The van der Waals surface area contributed by atoms with Gasteiger partial charge < -0.3 is 4.74 Å². The summed E-state index contributed by atoms with van der Waals surface area (Å²) in [5, 5.41) is 0. The fourth-order valence-corrected chi connectivity index (χ4v) is 4.55. The van der Waals surface area contributed by atoms with Crippen molar-refractivity contribution in [3.05, 3.63) is 58.2 Å². The largest absolute Gasteiger partial charge is 0.472 e. The minimum Gasteiger partial charge on any atom is -0.472 e. The second-order valence-corrected chi connectivity index (χ2v) is 8.53. The standard InChI is InChI=1S/C16H15BrF2N2O3S/c17-15-2-1-4-20-16(15)24-14-3-5-21(9-14)25(22,23)10-11-6-12(18)8-13(19)7-11/h1-2,4,6-8,14H,3,5,9-10H2. The normalized spacial score (nSPS) is 18.4. The van der Waals surface area contributed by atoms with Gasteiger partial charge in [-0.1, -0.05) is 0 Å². The second-order valence-electron chi connectivity index (χ2n) is 5.71. The molecule has 0 amide bonds. The van der Waals surface area contributed by atoms with Gasteiger partial charge in [0.05, 0.1) is 16.8 Å². The molecule has 1 saturated heterocycles. The van der Waals surface area contributed by atoms with E-state index in [2.05, 4.69) is 20.9 Å². The quantitative estimate of drug-likeness (QED) is 0.728. The lowest BCUT2D eigenvalue weighted by Crippen LogP contribution is -2.32. The first-order valence-corrected chi connectivity index (χ1v) is 9.94. The monoisotopic (exact) mass is 432 g/mol. The average Bonchev–Trinajstić information content (AvgIpc) is 2.97. The van der Waals surface area contributed by atoms with E-state index in [9.17, 15) is 17.2 Å². The van der Waals surface area contributed by atoms with Crippen LogP contribution < -0.4 is 4.74 Å².